The molecule has 2 aliphatic carbocycles. The molecule has 0 unspecified atom stereocenters. The van der Waals surface area contributed by atoms with Gasteiger partial charge in [-0.3, -0.25) is 10.1 Å². The molecule has 2 fully saturated rings. The van der Waals surface area contributed by atoms with Crippen molar-refractivity contribution in [1.82, 2.24) is 0 Å². The average Bonchev–Trinajstić information content (AvgIpc) is 2.68. The van der Waals surface area contributed by atoms with Crippen LogP contribution in [0.3, 0.4) is 0 Å². The van der Waals surface area contributed by atoms with Gasteiger partial charge in [-0.05, 0) is 50.2 Å². The standard InChI is InChI=1S/C20H27NO5/c22-19(14-6-2-1-3-7-14)17-8-4-5-9-18(17)26-20(23)15-10-12-16(13-11-15)21(24)25/h10-14,17-19,22H,1-9H2/t17-,18+,19+/m1/s1. The van der Waals surface area contributed by atoms with Crippen molar-refractivity contribution in [3.8, 4) is 0 Å². The van der Waals surface area contributed by atoms with Crippen LogP contribution in [0.5, 0.6) is 0 Å². The Morgan fingerprint density at radius 2 is 1.65 bits per heavy atom. The quantitative estimate of drug-likeness (QED) is 0.481. The molecule has 1 aromatic rings. The van der Waals surface area contributed by atoms with Gasteiger partial charge in [-0.2, -0.15) is 0 Å². The van der Waals surface area contributed by atoms with Crippen LogP contribution in [0.4, 0.5) is 5.69 Å². The number of nitro groups is 1. The summed E-state index contributed by atoms with van der Waals surface area (Å²) in [6.07, 6.45) is 8.71. The molecule has 142 valence electrons. The Bertz CT molecular complexity index is 624. The Balaban J connectivity index is 1.65. The molecule has 2 aliphatic rings. The van der Waals surface area contributed by atoms with Gasteiger partial charge in [-0.25, -0.2) is 4.79 Å². The monoisotopic (exact) mass is 361 g/mol. The van der Waals surface area contributed by atoms with Gasteiger partial charge in [0, 0.05) is 18.1 Å². The van der Waals surface area contributed by atoms with Crippen molar-refractivity contribution in [3.63, 3.8) is 0 Å². The third kappa shape index (κ3) is 4.41. The van der Waals surface area contributed by atoms with E-state index in [9.17, 15) is 20.0 Å². The molecule has 6 nitrogen and oxygen atoms in total. The second kappa shape index (κ2) is 8.62. The van der Waals surface area contributed by atoms with Crippen LogP contribution in [0.25, 0.3) is 0 Å². The number of carbonyl (C=O) groups is 1. The van der Waals surface area contributed by atoms with Crippen molar-refractivity contribution in [2.24, 2.45) is 11.8 Å². The van der Waals surface area contributed by atoms with Gasteiger partial charge in [-0.1, -0.05) is 25.7 Å². The summed E-state index contributed by atoms with van der Waals surface area (Å²) in [5.74, 6) is -0.158. The number of nitrogens with zero attached hydrogens (tertiary/aromatic N) is 1. The number of aliphatic hydroxyl groups is 1. The van der Waals surface area contributed by atoms with E-state index in [-0.39, 0.29) is 17.7 Å². The fraction of sp³-hybridized carbons (Fsp3) is 0.650. The summed E-state index contributed by atoms with van der Waals surface area (Å²) >= 11 is 0. The van der Waals surface area contributed by atoms with Crippen LogP contribution in [0.2, 0.25) is 0 Å². The van der Waals surface area contributed by atoms with Crippen LogP contribution in [0.15, 0.2) is 24.3 Å². The summed E-state index contributed by atoms with van der Waals surface area (Å²) in [7, 11) is 0. The summed E-state index contributed by atoms with van der Waals surface area (Å²) in [5.41, 5.74) is 0.261. The number of hydrogen-bond donors (Lipinski definition) is 1. The number of ether oxygens (including phenoxy) is 1. The van der Waals surface area contributed by atoms with Crippen LogP contribution in [0, 0.1) is 22.0 Å². The third-order valence-electron chi connectivity index (χ3n) is 5.90. The summed E-state index contributed by atoms with van der Waals surface area (Å²) in [6.45, 7) is 0. The minimum absolute atomic E-state index is 0.00570. The summed E-state index contributed by atoms with van der Waals surface area (Å²) in [5, 5.41) is 21.6. The lowest BCUT2D eigenvalue weighted by molar-refractivity contribution is -0.384. The highest BCUT2D eigenvalue weighted by Gasteiger charge is 2.37. The third-order valence-corrected chi connectivity index (χ3v) is 5.90. The van der Waals surface area contributed by atoms with E-state index in [1.54, 1.807) is 0 Å². The zero-order chi connectivity index (χ0) is 18.5. The van der Waals surface area contributed by atoms with E-state index in [2.05, 4.69) is 0 Å². The number of benzene rings is 1. The van der Waals surface area contributed by atoms with Crippen molar-refractivity contribution in [3.05, 3.63) is 39.9 Å². The molecule has 0 bridgehead atoms. The molecule has 1 aromatic carbocycles. The molecular formula is C20H27NO5. The van der Waals surface area contributed by atoms with E-state index in [1.165, 1.54) is 43.5 Å². The van der Waals surface area contributed by atoms with Gasteiger partial charge in [0.2, 0.25) is 0 Å². The maximum atomic E-state index is 12.5. The van der Waals surface area contributed by atoms with Gasteiger partial charge < -0.3 is 9.84 Å². The van der Waals surface area contributed by atoms with Gasteiger partial charge in [0.25, 0.3) is 5.69 Å². The molecule has 1 N–H and O–H groups in total. The van der Waals surface area contributed by atoms with E-state index in [0.29, 0.717) is 11.5 Å². The Kier molecular flexibility index (Phi) is 6.25. The highest BCUT2D eigenvalue weighted by molar-refractivity contribution is 5.89. The molecular weight excluding hydrogens is 334 g/mol. The van der Waals surface area contributed by atoms with Crippen molar-refractivity contribution in [2.45, 2.75) is 70.0 Å². The molecule has 3 atom stereocenters. The Hall–Kier alpha value is -1.95. The smallest absolute Gasteiger partial charge is 0.338 e. The highest BCUT2D eigenvalue weighted by atomic mass is 16.6. The molecule has 2 saturated carbocycles. The van der Waals surface area contributed by atoms with Crippen LogP contribution < -0.4 is 0 Å². The molecule has 0 aliphatic heterocycles. The largest absolute Gasteiger partial charge is 0.458 e. The van der Waals surface area contributed by atoms with Gasteiger partial charge in [0.15, 0.2) is 0 Å². The summed E-state index contributed by atoms with van der Waals surface area (Å²) in [4.78, 5) is 22.7. The minimum Gasteiger partial charge on any atom is -0.458 e. The predicted molar refractivity (Wildman–Crippen MR) is 96.8 cm³/mol. The lowest BCUT2D eigenvalue weighted by atomic mass is 9.74. The van der Waals surface area contributed by atoms with E-state index in [4.69, 9.17) is 4.74 Å². The van der Waals surface area contributed by atoms with E-state index in [1.807, 2.05) is 0 Å². The molecule has 0 radical (unpaired) electrons. The molecule has 0 aromatic heterocycles. The molecule has 0 heterocycles. The minimum atomic E-state index is -0.493. The van der Waals surface area contributed by atoms with Crippen LogP contribution in [-0.2, 0) is 4.74 Å². The van der Waals surface area contributed by atoms with Crippen LogP contribution in [-0.4, -0.2) is 28.2 Å². The Labute approximate surface area is 153 Å². The lowest BCUT2D eigenvalue weighted by Crippen LogP contribution is -2.41. The first-order valence-electron chi connectivity index (χ1n) is 9.70. The molecule has 6 heteroatoms. The van der Waals surface area contributed by atoms with Gasteiger partial charge in [-0.15, -0.1) is 0 Å². The number of nitro benzene ring substituents is 1. The number of aliphatic hydroxyl groups excluding tert-OH is 1. The maximum Gasteiger partial charge on any atom is 0.338 e. The lowest BCUT2D eigenvalue weighted by Gasteiger charge is -2.38. The number of esters is 1. The number of non-ortho nitro benzene ring substituents is 1. The number of carbonyl (C=O) groups excluding carboxylic acids is 1. The molecule has 0 amide bonds. The van der Waals surface area contributed by atoms with Crippen LogP contribution >= 0.6 is 0 Å². The second-order valence-electron chi connectivity index (χ2n) is 7.58. The number of hydrogen-bond acceptors (Lipinski definition) is 5. The van der Waals surface area contributed by atoms with E-state index < -0.39 is 17.0 Å². The number of rotatable bonds is 5. The molecule has 3 rings (SSSR count). The Morgan fingerprint density at radius 3 is 2.31 bits per heavy atom. The molecule has 0 saturated heterocycles. The summed E-state index contributed by atoms with van der Waals surface area (Å²) in [6, 6.07) is 5.48. The van der Waals surface area contributed by atoms with Crippen molar-refractivity contribution in [2.75, 3.05) is 0 Å². The predicted octanol–water partition coefficient (Wildman–Crippen LogP) is 4.25. The van der Waals surface area contributed by atoms with Gasteiger partial charge in [0.1, 0.15) is 6.10 Å². The Morgan fingerprint density at radius 1 is 1.04 bits per heavy atom. The van der Waals surface area contributed by atoms with Crippen molar-refractivity contribution >= 4 is 11.7 Å². The van der Waals surface area contributed by atoms with Crippen molar-refractivity contribution < 1.29 is 19.6 Å². The normalized spacial score (nSPS) is 25.4. The van der Waals surface area contributed by atoms with E-state index >= 15 is 0 Å². The zero-order valence-corrected chi connectivity index (χ0v) is 15.0. The topological polar surface area (TPSA) is 89.7 Å². The second-order valence-corrected chi connectivity index (χ2v) is 7.58. The van der Waals surface area contributed by atoms with Crippen molar-refractivity contribution in [1.29, 1.82) is 0 Å². The first-order valence-corrected chi connectivity index (χ1v) is 9.70. The molecule has 0 spiro atoms. The zero-order valence-electron chi connectivity index (χ0n) is 15.0. The average molecular weight is 361 g/mol. The fourth-order valence-electron chi connectivity index (χ4n) is 4.41. The van der Waals surface area contributed by atoms with Crippen LogP contribution in [0.1, 0.15) is 68.1 Å². The molecule has 26 heavy (non-hydrogen) atoms. The highest BCUT2D eigenvalue weighted by Crippen LogP contribution is 2.37. The summed E-state index contributed by atoms with van der Waals surface area (Å²) < 4.78 is 5.73. The first-order chi connectivity index (χ1) is 12.6. The first kappa shape index (κ1) is 18.8. The van der Waals surface area contributed by atoms with Gasteiger partial charge >= 0.3 is 5.97 Å². The van der Waals surface area contributed by atoms with Gasteiger partial charge in [0.05, 0.1) is 16.6 Å². The van der Waals surface area contributed by atoms with E-state index in [0.717, 1.165) is 38.5 Å². The SMILES string of the molecule is O=C(O[C@H]1CCCC[C@H]1[C@@H](O)C1CCCCC1)c1ccc([N+](=O)[O-])cc1. The fourth-order valence-corrected chi connectivity index (χ4v) is 4.41. The maximum absolute atomic E-state index is 12.5.